The fraction of sp³-hybridized carbons (Fsp3) is 0.250. The van der Waals surface area contributed by atoms with Gasteiger partial charge in [-0.2, -0.15) is 0 Å². The van der Waals surface area contributed by atoms with Crippen LogP contribution in [-0.4, -0.2) is 6.54 Å². The van der Waals surface area contributed by atoms with Crippen LogP contribution in [0.4, 0.5) is 11.4 Å². The normalized spacial score (nSPS) is 10.5. The van der Waals surface area contributed by atoms with Crippen LogP contribution in [0.1, 0.15) is 18.1 Å². The van der Waals surface area contributed by atoms with Gasteiger partial charge in [0.25, 0.3) is 0 Å². The summed E-state index contributed by atoms with van der Waals surface area (Å²) in [7, 11) is 0. The highest BCUT2D eigenvalue weighted by atomic mass is 79.9. The Kier molecular flexibility index (Phi) is 4.48. The van der Waals surface area contributed by atoms with E-state index < -0.39 is 0 Å². The van der Waals surface area contributed by atoms with Crippen LogP contribution < -0.4 is 10.6 Å². The van der Waals surface area contributed by atoms with E-state index in [-0.39, 0.29) is 0 Å². The van der Waals surface area contributed by atoms with Crippen molar-refractivity contribution in [2.45, 2.75) is 20.4 Å². The lowest BCUT2D eigenvalue weighted by Gasteiger charge is -2.23. The number of rotatable bonds is 4. The molecule has 0 atom stereocenters. The van der Waals surface area contributed by atoms with Gasteiger partial charge in [-0.3, -0.25) is 0 Å². The number of nitrogen functional groups attached to an aromatic ring is 1. The van der Waals surface area contributed by atoms with E-state index in [4.69, 9.17) is 5.73 Å². The summed E-state index contributed by atoms with van der Waals surface area (Å²) in [6.07, 6.45) is 0. The SMILES string of the molecule is CCN(Cc1cc(N)cc(Br)c1)c1ccc(C)cc1. The predicted molar refractivity (Wildman–Crippen MR) is 86.5 cm³/mol. The molecule has 0 bridgehead atoms. The van der Waals surface area contributed by atoms with Crippen LogP contribution in [0, 0.1) is 6.92 Å². The van der Waals surface area contributed by atoms with Crippen molar-refractivity contribution in [3.8, 4) is 0 Å². The van der Waals surface area contributed by atoms with Crippen molar-refractivity contribution < 1.29 is 0 Å². The number of aryl methyl sites for hydroxylation is 1. The molecule has 0 fully saturated rings. The van der Waals surface area contributed by atoms with E-state index >= 15 is 0 Å². The van der Waals surface area contributed by atoms with Crippen molar-refractivity contribution >= 4 is 27.3 Å². The maximum Gasteiger partial charge on any atom is 0.0430 e. The average molecular weight is 319 g/mol. The minimum atomic E-state index is 0.796. The molecule has 2 aromatic carbocycles. The van der Waals surface area contributed by atoms with E-state index in [0.717, 1.165) is 23.2 Å². The molecule has 0 unspecified atom stereocenters. The molecule has 2 rings (SSSR count). The smallest absolute Gasteiger partial charge is 0.0430 e. The van der Waals surface area contributed by atoms with Gasteiger partial charge in [-0.1, -0.05) is 33.6 Å². The quantitative estimate of drug-likeness (QED) is 0.848. The Bertz CT molecular complexity index is 529. The molecule has 0 saturated heterocycles. The lowest BCUT2D eigenvalue weighted by molar-refractivity contribution is 0.831. The molecule has 100 valence electrons. The van der Waals surface area contributed by atoms with E-state index in [0.29, 0.717) is 0 Å². The fourth-order valence-corrected chi connectivity index (χ4v) is 2.69. The first-order chi connectivity index (χ1) is 9.08. The number of halogens is 1. The zero-order chi connectivity index (χ0) is 13.8. The summed E-state index contributed by atoms with van der Waals surface area (Å²) < 4.78 is 1.03. The Morgan fingerprint density at radius 1 is 1.11 bits per heavy atom. The second-order valence-electron chi connectivity index (χ2n) is 4.74. The first-order valence-corrected chi connectivity index (χ1v) is 7.24. The highest BCUT2D eigenvalue weighted by Gasteiger charge is 2.06. The number of hydrogen-bond donors (Lipinski definition) is 1. The van der Waals surface area contributed by atoms with Crippen molar-refractivity contribution in [1.82, 2.24) is 0 Å². The van der Waals surface area contributed by atoms with Crippen molar-refractivity contribution in [2.24, 2.45) is 0 Å². The Morgan fingerprint density at radius 2 is 1.79 bits per heavy atom. The summed E-state index contributed by atoms with van der Waals surface area (Å²) in [4.78, 5) is 2.33. The molecule has 2 nitrogen and oxygen atoms in total. The molecular weight excluding hydrogens is 300 g/mol. The van der Waals surface area contributed by atoms with Crippen molar-refractivity contribution in [3.05, 3.63) is 58.1 Å². The Hall–Kier alpha value is -1.48. The number of benzene rings is 2. The molecule has 2 N–H and O–H groups in total. The topological polar surface area (TPSA) is 29.3 Å². The van der Waals surface area contributed by atoms with E-state index in [1.165, 1.54) is 16.8 Å². The first kappa shape index (κ1) is 13.9. The molecule has 0 aliphatic carbocycles. The summed E-state index contributed by atoms with van der Waals surface area (Å²) in [5.41, 5.74) is 10.4. The monoisotopic (exact) mass is 318 g/mol. The minimum Gasteiger partial charge on any atom is -0.399 e. The Morgan fingerprint density at radius 3 is 2.37 bits per heavy atom. The molecule has 0 saturated carbocycles. The molecule has 0 aliphatic heterocycles. The molecule has 3 heteroatoms. The average Bonchev–Trinajstić information content (AvgIpc) is 2.36. The molecule has 0 spiro atoms. The third-order valence-electron chi connectivity index (χ3n) is 3.13. The van der Waals surface area contributed by atoms with Gasteiger partial charge in [-0.05, 0) is 49.7 Å². The van der Waals surface area contributed by atoms with Crippen LogP contribution in [0.5, 0.6) is 0 Å². The third kappa shape index (κ3) is 3.74. The standard InChI is InChI=1S/C16H19BrN2/c1-3-19(16-6-4-12(2)5-7-16)11-13-8-14(17)10-15(18)9-13/h4-10H,3,11,18H2,1-2H3. The van der Waals surface area contributed by atoms with Crippen LogP contribution in [0.15, 0.2) is 46.9 Å². The van der Waals surface area contributed by atoms with Crippen LogP contribution in [-0.2, 0) is 6.54 Å². The lowest BCUT2D eigenvalue weighted by Crippen LogP contribution is -2.21. The van der Waals surface area contributed by atoms with Gasteiger partial charge >= 0.3 is 0 Å². The maximum absolute atomic E-state index is 5.89. The second-order valence-corrected chi connectivity index (χ2v) is 5.66. The highest BCUT2D eigenvalue weighted by molar-refractivity contribution is 9.10. The molecule has 19 heavy (non-hydrogen) atoms. The van der Waals surface area contributed by atoms with Gasteiger partial charge < -0.3 is 10.6 Å². The lowest BCUT2D eigenvalue weighted by atomic mass is 10.1. The first-order valence-electron chi connectivity index (χ1n) is 6.45. The summed E-state index contributed by atoms with van der Waals surface area (Å²) in [5.74, 6) is 0. The van der Waals surface area contributed by atoms with E-state index in [1.807, 2.05) is 12.1 Å². The van der Waals surface area contributed by atoms with Gasteiger partial charge in [-0.15, -0.1) is 0 Å². The number of nitrogens with zero attached hydrogens (tertiary/aromatic N) is 1. The fourth-order valence-electron chi connectivity index (χ4n) is 2.13. The summed E-state index contributed by atoms with van der Waals surface area (Å²) >= 11 is 3.49. The summed E-state index contributed by atoms with van der Waals surface area (Å²) in [6.45, 7) is 6.11. The van der Waals surface area contributed by atoms with Gasteiger partial charge in [0.05, 0.1) is 0 Å². The van der Waals surface area contributed by atoms with Crippen LogP contribution >= 0.6 is 15.9 Å². The molecular formula is C16H19BrN2. The van der Waals surface area contributed by atoms with E-state index in [2.05, 4.69) is 65.0 Å². The molecule has 0 heterocycles. The molecule has 0 aromatic heterocycles. The van der Waals surface area contributed by atoms with Crippen LogP contribution in [0.25, 0.3) is 0 Å². The molecule has 0 amide bonds. The maximum atomic E-state index is 5.89. The summed E-state index contributed by atoms with van der Waals surface area (Å²) in [5, 5.41) is 0. The molecule has 2 aromatic rings. The van der Waals surface area contributed by atoms with Crippen molar-refractivity contribution in [2.75, 3.05) is 17.2 Å². The Balaban J connectivity index is 2.21. The van der Waals surface area contributed by atoms with Gasteiger partial charge in [0.1, 0.15) is 0 Å². The van der Waals surface area contributed by atoms with Gasteiger partial charge in [0, 0.05) is 28.9 Å². The second kappa shape index (κ2) is 6.11. The zero-order valence-electron chi connectivity index (χ0n) is 11.4. The van der Waals surface area contributed by atoms with Gasteiger partial charge in [-0.25, -0.2) is 0 Å². The highest BCUT2D eigenvalue weighted by Crippen LogP contribution is 2.22. The van der Waals surface area contributed by atoms with Gasteiger partial charge in [0.15, 0.2) is 0 Å². The minimum absolute atomic E-state index is 0.796. The van der Waals surface area contributed by atoms with Crippen molar-refractivity contribution in [1.29, 1.82) is 0 Å². The number of hydrogen-bond acceptors (Lipinski definition) is 2. The van der Waals surface area contributed by atoms with Crippen LogP contribution in [0.3, 0.4) is 0 Å². The number of nitrogens with two attached hydrogens (primary N) is 1. The Labute approximate surface area is 123 Å². The molecule has 0 radical (unpaired) electrons. The van der Waals surface area contributed by atoms with E-state index in [9.17, 15) is 0 Å². The van der Waals surface area contributed by atoms with Gasteiger partial charge in [0.2, 0.25) is 0 Å². The summed E-state index contributed by atoms with van der Waals surface area (Å²) in [6, 6.07) is 14.7. The van der Waals surface area contributed by atoms with E-state index in [1.54, 1.807) is 0 Å². The third-order valence-corrected chi connectivity index (χ3v) is 3.59. The predicted octanol–water partition coefficient (Wildman–Crippen LogP) is 4.37. The molecule has 0 aliphatic rings. The number of anilines is 2. The van der Waals surface area contributed by atoms with Crippen molar-refractivity contribution in [3.63, 3.8) is 0 Å². The van der Waals surface area contributed by atoms with Crippen LogP contribution in [0.2, 0.25) is 0 Å². The largest absolute Gasteiger partial charge is 0.399 e. The zero-order valence-corrected chi connectivity index (χ0v) is 12.9.